The third-order valence-electron chi connectivity index (χ3n) is 9.62. The minimum atomic E-state index is -1.41. The van der Waals surface area contributed by atoms with Crippen LogP contribution in [0.15, 0.2) is 54.7 Å². The Morgan fingerprint density at radius 1 is 1.06 bits per heavy atom. The highest BCUT2D eigenvalue weighted by Gasteiger charge is 2.38. The molecule has 4 heterocycles. The predicted molar refractivity (Wildman–Crippen MR) is 173 cm³/mol. The lowest BCUT2D eigenvalue weighted by Crippen LogP contribution is -2.58. The Balaban J connectivity index is 0.971. The second-order valence-electron chi connectivity index (χ2n) is 12.7. The van der Waals surface area contributed by atoms with Crippen molar-refractivity contribution in [3.63, 3.8) is 0 Å². The van der Waals surface area contributed by atoms with Crippen molar-refractivity contribution in [2.75, 3.05) is 62.7 Å². The zero-order chi connectivity index (χ0) is 32.3. The average molecular weight is 640 g/mol. The number of carbonyl (C=O) groups excluding carboxylic acids is 2. The van der Waals surface area contributed by atoms with Crippen LogP contribution in [0.2, 0.25) is 0 Å². The van der Waals surface area contributed by atoms with Gasteiger partial charge in [-0.05, 0) is 55.0 Å². The lowest BCUT2D eigenvalue weighted by atomic mass is 10.0. The van der Waals surface area contributed by atoms with Crippen molar-refractivity contribution >= 4 is 28.9 Å². The standard InChI is InChI=1S/C35H38FN7O4/c36-30-21-43(35(45)24-1-7-29(44)18-24)12-10-32(30)47-31-8-2-23(17-25(31)19-37)34-38-11-9-33(40-34)39-26-3-5-27(6-4-26)42-14-13-41-15-16-46-22-28(41)20-42/h2-6,8-9,11,17,24,28,30,32H,1,7,10,12-16,18,20-22H2,(H,38,39,40)/t24-,28-,30-,32+/m1/s1. The van der Waals surface area contributed by atoms with E-state index in [9.17, 15) is 14.9 Å². The number of nitriles is 1. The van der Waals surface area contributed by atoms with Crippen molar-refractivity contribution in [2.24, 2.45) is 5.92 Å². The van der Waals surface area contributed by atoms with Gasteiger partial charge in [0.05, 0.1) is 31.4 Å². The van der Waals surface area contributed by atoms with E-state index in [1.807, 2.05) is 12.1 Å². The summed E-state index contributed by atoms with van der Waals surface area (Å²) in [5.74, 6) is 0.907. The van der Waals surface area contributed by atoms with E-state index in [4.69, 9.17) is 9.47 Å². The quantitative estimate of drug-likeness (QED) is 0.406. The molecule has 4 fully saturated rings. The van der Waals surface area contributed by atoms with Crippen LogP contribution in [0.25, 0.3) is 11.4 Å². The fraction of sp³-hybridized carbons (Fsp3) is 0.457. The normalized spacial score (nSPS) is 24.8. The van der Waals surface area contributed by atoms with E-state index >= 15 is 4.39 Å². The van der Waals surface area contributed by atoms with Gasteiger partial charge in [0.2, 0.25) is 5.91 Å². The molecule has 7 rings (SSSR count). The van der Waals surface area contributed by atoms with Crippen molar-refractivity contribution < 1.29 is 23.5 Å². The number of carbonyl (C=O) groups is 2. The second kappa shape index (κ2) is 13.6. The van der Waals surface area contributed by atoms with Gasteiger partial charge in [-0.25, -0.2) is 14.4 Å². The SMILES string of the molecule is N#Cc1cc(-c2nccc(Nc3ccc(N4CCN5CCOC[C@H]5C4)cc3)n2)ccc1O[C@H]1CCN(C(=O)[C@@H]2CCC(=O)C2)C[C@H]1F. The Hall–Kier alpha value is -4.60. The summed E-state index contributed by atoms with van der Waals surface area (Å²) in [6.07, 6.45) is 0.950. The summed E-state index contributed by atoms with van der Waals surface area (Å²) >= 11 is 0. The van der Waals surface area contributed by atoms with E-state index in [1.54, 1.807) is 30.5 Å². The Morgan fingerprint density at radius 3 is 2.72 bits per heavy atom. The molecule has 2 aromatic carbocycles. The number of hydrogen-bond donors (Lipinski definition) is 1. The Kier molecular flexibility index (Phi) is 9.00. The van der Waals surface area contributed by atoms with Gasteiger partial charge in [0.15, 0.2) is 12.0 Å². The lowest BCUT2D eigenvalue weighted by Gasteiger charge is -2.44. The maximum Gasteiger partial charge on any atom is 0.226 e. The highest BCUT2D eigenvalue weighted by Crippen LogP contribution is 2.31. The number of rotatable bonds is 7. The number of aromatic nitrogens is 2. The first-order valence-electron chi connectivity index (χ1n) is 16.4. The van der Waals surface area contributed by atoms with Crippen LogP contribution in [-0.4, -0.2) is 102 Å². The highest BCUT2D eigenvalue weighted by atomic mass is 19.1. The number of amides is 1. The number of nitrogens with one attached hydrogen (secondary N) is 1. The van der Waals surface area contributed by atoms with Crippen LogP contribution in [-0.2, 0) is 14.3 Å². The van der Waals surface area contributed by atoms with Gasteiger partial charge in [0.1, 0.15) is 29.5 Å². The molecule has 0 spiro atoms. The molecule has 1 aromatic heterocycles. The van der Waals surface area contributed by atoms with Crippen LogP contribution in [0.5, 0.6) is 5.75 Å². The number of ether oxygens (including phenoxy) is 2. The number of Topliss-reactive ketones (excluding diaryl/α,β-unsaturated/α-hetero) is 1. The van der Waals surface area contributed by atoms with E-state index in [-0.39, 0.29) is 41.9 Å². The molecule has 0 unspecified atom stereocenters. The molecule has 47 heavy (non-hydrogen) atoms. The fourth-order valence-corrected chi connectivity index (χ4v) is 6.97. The first-order chi connectivity index (χ1) is 22.9. The molecule has 11 nitrogen and oxygen atoms in total. The van der Waals surface area contributed by atoms with Crippen molar-refractivity contribution in [3.8, 4) is 23.2 Å². The number of piperazine rings is 1. The number of likely N-dealkylation sites (tertiary alicyclic amines) is 1. The molecule has 3 saturated heterocycles. The molecule has 4 aliphatic rings. The van der Waals surface area contributed by atoms with Gasteiger partial charge in [-0.1, -0.05) is 0 Å². The molecule has 0 bridgehead atoms. The van der Waals surface area contributed by atoms with Crippen LogP contribution >= 0.6 is 0 Å². The van der Waals surface area contributed by atoms with Gasteiger partial charge in [-0.15, -0.1) is 0 Å². The van der Waals surface area contributed by atoms with E-state index in [0.29, 0.717) is 49.1 Å². The molecule has 244 valence electrons. The third-order valence-corrected chi connectivity index (χ3v) is 9.62. The number of hydrogen-bond acceptors (Lipinski definition) is 10. The van der Waals surface area contributed by atoms with E-state index < -0.39 is 12.3 Å². The fourth-order valence-electron chi connectivity index (χ4n) is 6.97. The monoisotopic (exact) mass is 639 g/mol. The number of benzene rings is 2. The Bertz CT molecular complexity index is 1660. The molecule has 1 amide bonds. The summed E-state index contributed by atoms with van der Waals surface area (Å²) in [7, 11) is 0. The smallest absolute Gasteiger partial charge is 0.226 e. The zero-order valence-corrected chi connectivity index (χ0v) is 26.2. The second-order valence-corrected chi connectivity index (χ2v) is 12.7. The van der Waals surface area contributed by atoms with Gasteiger partial charge < -0.3 is 24.6 Å². The molecule has 4 atom stereocenters. The number of fused-ring (bicyclic) bond motifs is 1. The Morgan fingerprint density at radius 2 is 1.94 bits per heavy atom. The van der Waals surface area contributed by atoms with Gasteiger partial charge in [0.25, 0.3) is 0 Å². The van der Waals surface area contributed by atoms with E-state index in [2.05, 4.69) is 43.3 Å². The van der Waals surface area contributed by atoms with E-state index in [1.165, 1.54) is 10.6 Å². The maximum atomic E-state index is 15.2. The first-order valence-corrected chi connectivity index (χ1v) is 16.4. The van der Waals surface area contributed by atoms with Crippen molar-refractivity contribution in [3.05, 3.63) is 60.3 Å². The number of ketones is 1. The van der Waals surface area contributed by atoms with Gasteiger partial charge in [-0.3, -0.25) is 14.5 Å². The maximum absolute atomic E-state index is 15.2. The summed E-state index contributed by atoms with van der Waals surface area (Å²) < 4.78 is 26.8. The molecule has 12 heteroatoms. The Labute approximate surface area is 273 Å². The molecule has 3 aliphatic heterocycles. The van der Waals surface area contributed by atoms with Crippen LogP contribution in [0, 0.1) is 17.2 Å². The van der Waals surface area contributed by atoms with Crippen LogP contribution in [0.4, 0.5) is 21.6 Å². The molecule has 1 saturated carbocycles. The molecule has 0 radical (unpaired) electrons. The topological polar surface area (TPSA) is 124 Å². The lowest BCUT2D eigenvalue weighted by molar-refractivity contribution is -0.139. The van der Waals surface area contributed by atoms with Gasteiger partial charge in [0, 0.05) is 81.0 Å². The third kappa shape index (κ3) is 6.92. The molecule has 3 aromatic rings. The van der Waals surface area contributed by atoms with Crippen LogP contribution in [0.1, 0.15) is 31.2 Å². The summed E-state index contributed by atoms with van der Waals surface area (Å²) in [5, 5.41) is 13.2. The number of alkyl halides is 1. The predicted octanol–water partition coefficient (Wildman–Crippen LogP) is 3.97. The van der Waals surface area contributed by atoms with Crippen LogP contribution in [0.3, 0.4) is 0 Å². The van der Waals surface area contributed by atoms with Crippen LogP contribution < -0.4 is 15.0 Å². The first kappa shape index (κ1) is 31.0. The zero-order valence-electron chi connectivity index (χ0n) is 26.2. The van der Waals surface area contributed by atoms with E-state index in [0.717, 1.165) is 45.1 Å². The highest BCUT2D eigenvalue weighted by molar-refractivity contribution is 5.90. The summed E-state index contributed by atoms with van der Waals surface area (Å²) in [4.78, 5) is 39.9. The summed E-state index contributed by atoms with van der Waals surface area (Å²) in [5.41, 5.74) is 2.94. The van der Waals surface area contributed by atoms with Crippen molar-refractivity contribution in [1.82, 2.24) is 19.8 Å². The molecule has 1 aliphatic carbocycles. The van der Waals surface area contributed by atoms with Gasteiger partial charge in [-0.2, -0.15) is 5.26 Å². The number of nitrogens with zero attached hydrogens (tertiary/aromatic N) is 6. The van der Waals surface area contributed by atoms with Gasteiger partial charge >= 0.3 is 0 Å². The number of piperidine rings is 1. The number of morpholine rings is 1. The molecular weight excluding hydrogens is 601 g/mol. The van der Waals surface area contributed by atoms with Crippen molar-refractivity contribution in [1.29, 1.82) is 5.26 Å². The minimum absolute atomic E-state index is 0.0859. The number of halogens is 1. The largest absolute Gasteiger partial charge is 0.486 e. The summed E-state index contributed by atoms with van der Waals surface area (Å²) in [6.45, 7) is 5.86. The summed E-state index contributed by atoms with van der Waals surface area (Å²) in [6, 6.07) is 17.7. The minimum Gasteiger partial charge on any atom is -0.486 e. The average Bonchev–Trinajstić information content (AvgIpc) is 3.55. The van der Waals surface area contributed by atoms with Crippen molar-refractivity contribution in [2.45, 2.75) is 44.0 Å². The number of anilines is 3. The molecular formula is C35H38FN7O4. The molecule has 1 N–H and O–H groups in total.